The summed E-state index contributed by atoms with van der Waals surface area (Å²) in [4.78, 5) is 29.5. The Morgan fingerprint density at radius 3 is 2.67 bits per heavy atom. The molecule has 1 heterocycles. The molecule has 0 N–H and O–H groups in total. The Morgan fingerprint density at radius 1 is 1.17 bits per heavy atom. The van der Waals surface area contributed by atoms with E-state index in [2.05, 4.69) is 4.99 Å². The first kappa shape index (κ1) is 21.0. The van der Waals surface area contributed by atoms with Crippen molar-refractivity contribution >= 4 is 23.9 Å². The first-order chi connectivity index (χ1) is 14.4. The minimum absolute atomic E-state index is 0.0398. The van der Waals surface area contributed by atoms with E-state index in [4.69, 9.17) is 14.2 Å². The molecule has 0 aliphatic carbocycles. The minimum atomic E-state index is -0.635. The molecule has 0 bridgehead atoms. The molecule has 0 spiro atoms. The Labute approximate surface area is 173 Å². The number of likely N-dealkylation sites (N-methyl/N-ethyl adjacent to an activating group) is 1. The van der Waals surface area contributed by atoms with E-state index in [1.807, 2.05) is 6.92 Å². The number of carbonyl (C=O) groups is 2. The molecule has 1 aliphatic rings. The Morgan fingerprint density at radius 2 is 1.97 bits per heavy atom. The van der Waals surface area contributed by atoms with Gasteiger partial charge in [-0.15, -0.1) is 0 Å². The maximum atomic E-state index is 13.4. The zero-order valence-electron chi connectivity index (χ0n) is 16.8. The van der Waals surface area contributed by atoms with Gasteiger partial charge in [0.1, 0.15) is 5.82 Å². The summed E-state index contributed by atoms with van der Waals surface area (Å²) in [6, 6.07) is 10.7. The number of rotatable bonds is 7. The first-order valence-corrected chi connectivity index (χ1v) is 9.25. The number of aliphatic imine (C=N–C) groups is 1. The molecule has 0 saturated heterocycles. The quantitative estimate of drug-likeness (QED) is 0.516. The summed E-state index contributed by atoms with van der Waals surface area (Å²) >= 11 is 0. The van der Waals surface area contributed by atoms with Crippen molar-refractivity contribution in [3.05, 3.63) is 65.1 Å². The fourth-order valence-electron chi connectivity index (χ4n) is 2.58. The Balaban J connectivity index is 1.84. The van der Waals surface area contributed by atoms with Crippen molar-refractivity contribution in [3.63, 3.8) is 0 Å². The number of ether oxygens (including phenoxy) is 3. The third-order valence-electron chi connectivity index (χ3n) is 4.11. The van der Waals surface area contributed by atoms with Crippen LogP contribution in [-0.2, 0) is 14.3 Å². The van der Waals surface area contributed by atoms with Crippen molar-refractivity contribution < 1.29 is 28.2 Å². The smallest absolute Gasteiger partial charge is 0.363 e. The number of esters is 1. The van der Waals surface area contributed by atoms with Gasteiger partial charge < -0.3 is 19.1 Å². The molecule has 0 saturated carbocycles. The lowest BCUT2D eigenvalue weighted by atomic mass is 10.1. The number of nitrogens with zero attached hydrogens (tertiary/aromatic N) is 2. The van der Waals surface area contributed by atoms with E-state index in [0.717, 1.165) is 0 Å². The van der Waals surface area contributed by atoms with E-state index in [0.29, 0.717) is 29.2 Å². The maximum Gasteiger partial charge on any atom is 0.363 e. The largest absolute Gasteiger partial charge is 0.490 e. The summed E-state index contributed by atoms with van der Waals surface area (Å²) in [5.41, 5.74) is 1.07. The van der Waals surface area contributed by atoms with Gasteiger partial charge in [0.2, 0.25) is 5.90 Å². The zero-order valence-corrected chi connectivity index (χ0v) is 16.8. The lowest BCUT2D eigenvalue weighted by molar-refractivity contribution is -0.131. The number of carbonyl (C=O) groups excluding carboxylic acids is 2. The molecule has 156 valence electrons. The van der Waals surface area contributed by atoms with Gasteiger partial charge in [0.25, 0.3) is 5.91 Å². The van der Waals surface area contributed by atoms with Crippen molar-refractivity contribution in [2.45, 2.75) is 6.92 Å². The standard InChI is InChI=1S/C22H21FN2O5/c1-4-28-19-11-14(8-9-18(19)29-13-20(26)25(2)3)10-17-22(27)30-21(24-17)15-6-5-7-16(23)12-15/h5-12H,4,13H2,1-3H3/b17-10-. The van der Waals surface area contributed by atoms with Crippen LogP contribution in [0, 0.1) is 5.82 Å². The van der Waals surface area contributed by atoms with Crippen LogP contribution in [0.1, 0.15) is 18.1 Å². The van der Waals surface area contributed by atoms with Crippen LogP contribution in [0.5, 0.6) is 11.5 Å². The highest BCUT2D eigenvalue weighted by molar-refractivity contribution is 6.12. The van der Waals surface area contributed by atoms with E-state index >= 15 is 0 Å². The van der Waals surface area contributed by atoms with Gasteiger partial charge in [0.05, 0.1) is 6.61 Å². The summed E-state index contributed by atoms with van der Waals surface area (Å²) in [6.07, 6.45) is 1.53. The fraction of sp³-hybridized carbons (Fsp3) is 0.227. The van der Waals surface area contributed by atoms with Crippen LogP contribution in [0.2, 0.25) is 0 Å². The third-order valence-corrected chi connectivity index (χ3v) is 4.11. The van der Waals surface area contributed by atoms with Crippen LogP contribution in [0.25, 0.3) is 6.08 Å². The topological polar surface area (TPSA) is 77.4 Å². The molecule has 0 radical (unpaired) electrons. The second-order valence-corrected chi connectivity index (χ2v) is 6.56. The predicted octanol–water partition coefficient (Wildman–Crippen LogP) is 3.04. The molecule has 0 atom stereocenters. The van der Waals surface area contributed by atoms with Crippen molar-refractivity contribution in [3.8, 4) is 11.5 Å². The second-order valence-electron chi connectivity index (χ2n) is 6.56. The van der Waals surface area contributed by atoms with Crippen molar-refractivity contribution in [2.24, 2.45) is 4.99 Å². The molecule has 1 aliphatic heterocycles. The lowest BCUT2D eigenvalue weighted by Crippen LogP contribution is -2.27. The molecule has 1 amide bonds. The second kappa shape index (κ2) is 9.21. The van der Waals surface area contributed by atoms with Gasteiger partial charge in [-0.3, -0.25) is 4.79 Å². The average Bonchev–Trinajstić information content (AvgIpc) is 3.07. The van der Waals surface area contributed by atoms with Crippen LogP contribution in [0.4, 0.5) is 4.39 Å². The van der Waals surface area contributed by atoms with Crippen molar-refractivity contribution in [1.29, 1.82) is 0 Å². The van der Waals surface area contributed by atoms with E-state index in [-0.39, 0.29) is 24.1 Å². The Hall–Kier alpha value is -3.68. The SMILES string of the molecule is CCOc1cc(/C=C2\N=C(c3cccc(F)c3)OC2=O)ccc1OCC(=O)N(C)C. The van der Waals surface area contributed by atoms with E-state index in [1.54, 1.807) is 38.4 Å². The van der Waals surface area contributed by atoms with Gasteiger partial charge in [-0.2, -0.15) is 0 Å². The summed E-state index contributed by atoms with van der Waals surface area (Å²) in [5.74, 6) is -0.391. The van der Waals surface area contributed by atoms with Crippen LogP contribution in [-0.4, -0.2) is 50.0 Å². The molecule has 2 aromatic rings. The number of halogens is 1. The van der Waals surface area contributed by atoms with Crippen LogP contribution in [0.15, 0.2) is 53.2 Å². The molecule has 30 heavy (non-hydrogen) atoms. The van der Waals surface area contributed by atoms with Crippen LogP contribution in [0.3, 0.4) is 0 Å². The Bertz CT molecular complexity index is 1030. The fourth-order valence-corrected chi connectivity index (χ4v) is 2.58. The van der Waals surface area contributed by atoms with E-state index in [9.17, 15) is 14.0 Å². The maximum absolute atomic E-state index is 13.4. The molecule has 8 heteroatoms. The predicted molar refractivity (Wildman–Crippen MR) is 109 cm³/mol. The minimum Gasteiger partial charge on any atom is -0.490 e. The highest BCUT2D eigenvalue weighted by atomic mass is 19.1. The zero-order chi connectivity index (χ0) is 21.7. The van der Waals surface area contributed by atoms with Gasteiger partial charge in [0, 0.05) is 19.7 Å². The normalized spacial score (nSPS) is 14.3. The highest BCUT2D eigenvalue weighted by Gasteiger charge is 2.24. The lowest BCUT2D eigenvalue weighted by Gasteiger charge is -2.14. The number of hydrogen-bond acceptors (Lipinski definition) is 6. The summed E-state index contributed by atoms with van der Waals surface area (Å²) in [7, 11) is 3.29. The van der Waals surface area contributed by atoms with Crippen molar-refractivity contribution in [2.75, 3.05) is 27.3 Å². The van der Waals surface area contributed by atoms with Gasteiger partial charge in [0.15, 0.2) is 23.8 Å². The molecular weight excluding hydrogens is 391 g/mol. The van der Waals surface area contributed by atoms with Gasteiger partial charge >= 0.3 is 5.97 Å². The first-order valence-electron chi connectivity index (χ1n) is 9.25. The third kappa shape index (κ3) is 5.02. The summed E-state index contributed by atoms with van der Waals surface area (Å²) < 4.78 is 29.7. The molecule has 0 aromatic heterocycles. The average molecular weight is 412 g/mol. The number of cyclic esters (lactones) is 1. The van der Waals surface area contributed by atoms with Gasteiger partial charge in [-0.05, 0) is 48.9 Å². The molecule has 2 aromatic carbocycles. The molecule has 3 rings (SSSR count). The molecule has 0 unspecified atom stereocenters. The van der Waals surface area contributed by atoms with Gasteiger partial charge in [-0.1, -0.05) is 12.1 Å². The number of benzene rings is 2. The molecule has 7 nitrogen and oxygen atoms in total. The Kier molecular flexibility index (Phi) is 6.46. The monoisotopic (exact) mass is 412 g/mol. The molecule has 0 fully saturated rings. The summed E-state index contributed by atoms with van der Waals surface area (Å²) in [5, 5.41) is 0. The highest BCUT2D eigenvalue weighted by Crippen LogP contribution is 2.30. The van der Waals surface area contributed by atoms with E-state index in [1.165, 1.54) is 29.2 Å². The van der Waals surface area contributed by atoms with Gasteiger partial charge in [-0.25, -0.2) is 14.2 Å². The number of amides is 1. The van der Waals surface area contributed by atoms with E-state index < -0.39 is 11.8 Å². The van der Waals surface area contributed by atoms with Crippen LogP contribution < -0.4 is 9.47 Å². The van der Waals surface area contributed by atoms with Crippen LogP contribution >= 0.6 is 0 Å². The number of hydrogen-bond donors (Lipinski definition) is 0. The van der Waals surface area contributed by atoms with Crippen molar-refractivity contribution in [1.82, 2.24) is 4.90 Å². The molecular formula is C22H21FN2O5. The summed E-state index contributed by atoms with van der Waals surface area (Å²) in [6.45, 7) is 2.09.